The smallest absolute Gasteiger partial charge is 0.0952 e. The summed E-state index contributed by atoms with van der Waals surface area (Å²) in [4.78, 5) is 0. The number of hydrogen-bond donors (Lipinski definition) is 1. The van der Waals surface area contributed by atoms with Crippen molar-refractivity contribution in [2.24, 2.45) is 0 Å². The Morgan fingerprint density at radius 3 is 2.56 bits per heavy atom. The van der Waals surface area contributed by atoms with Gasteiger partial charge in [-0.15, -0.1) is 0 Å². The zero-order valence-electron chi connectivity index (χ0n) is 10.4. The van der Waals surface area contributed by atoms with Gasteiger partial charge in [0, 0.05) is 12.6 Å². The molecule has 1 N–H and O–H groups in total. The number of aryl methyl sites for hydroxylation is 1. The number of nitrogens with one attached hydrogen (secondary N) is 1. The highest BCUT2D eigenvalue weighted by Crippen LogP contribution is 2.23. The molecule has 1 aliphatic rings. The highest BCUT2D eigenvalue weighted by atomic mass is 16.5. The molecule has 3 unspecified atom stereocenters. The Hall–Kier alpha value is -0.860. The van der Waals surface area contributed by atoms with Gasteiger partial charge in [0.05, 0.1) is 12.2 Å². The van der Waals surface area contributed by atoms with Gasteiger partial charge in [0.2, 0.25) is 0 Å². The van der Waals surface area contributed by atoms with E-state index in [1.807, 2.05) is 0 Å². The second kappa shape index (κ2) is 4.98. The van der Waals surface area contributed by atoms with Crippen molar-refractivity contribution in [2.75, 3.05) is 6.54 Å². The number of benzene rings is 1. The van der Waals surface area contributed by atoms with Crippen molar-refractivity contribution in [1.82, 2.24) is 5.32 Å². The van der Waals surface area contributed by atoms with Crippen LogP contribution in [0.25, 0.3) is 0 Å². The molecule has 88 valence electrons. The van der Waals surface area contributed by atoms with E-state index in [1.165, 1.54) is 11.1 Å². The predicted molar refractivity (Wildman–Crippen MR) is 66.5 cm³/mol. The van der Waals surface area contributed by atoms with Gasteiger partial charge in [-0.05, 0) is 32.8 Å². The monoisotopic (exact) mass is 219 g/mol. The van der Waals surface area contributed by atoms with Crippen LogP contribution in [-0.2, 0) is 4.74 Å². The Kier molecular flexibility index (Phi) is 3.62. The van der Waals surface area contributed by atoms with E-state index in [9.17, 15) is 0 Å². The first-order chi connectivity index (χ1) is 7.65. The van der Waals surface area contributed by atoms with E-state index in [0.717, 1.165) is 13.0 Å². The zero-order valence-corrected chi connectivity index (χ0v) is 10.4. The average molecular weight is 219 g/mol. The third-order valence-electron chi connectivity index (χ3n) is 3.18. The fourth-order valence-corrected chi connectivity index (χ4v) is 2.25. The molecule has 0 amide bonds. The first-order valence-corrected chi connectivity index (χ1v) is 6.10. The van der Waals surface area contributed by atoms with E-state index in [0.29, 0.717) is 12.1 Å². The fourth-order valence-electron chi connectivity index (χ4n) is 2.25. The summed E-state index contributed by atoms with van der Waals surface area (Å²) in [5.74, 6) is 0. The molecule has 16 heavy (non-hydrogen) atoms. The molecule has 0 radical (unpaired) electrons. The van der Waals surface area contributed by atoms with Crippen LogP contribution in [-0.4, -0.2) is 18.7 Å². The van der Waals surface area contributed by atoms with Crippen LogP contribution < -0.4 is 5.32 Å². The summed E-state index contributed by atoms with van der Waals surface area (Å²) < 4.78 is 6.05. The lowest BCUT2D eigenvalue weighted by Gasteiger charge is -2.19. The molecular weight excluding hydrogens is 198 g/mol. The average Bonchev–Trinajstić information content (AvgIpc) is 2.41. The molecule has 1 aromatic rings. The van der Waals surface area contributed by atoms with Gasteiger partial charge in [-0.25, -0.2) is 0 Å². The van der Waals surface area contributed by atoms with E-state index in [-0.39, 0.29) is 6.10 Å². The van der Waals surface area contributed by atoms with Crippen molar-refractivity contribution < 1.29 is 4.74 Å². The summed E-state index contributed by atoms with van der Waals surface area (Å²) in [5.41, 5.74) is 2.57. The van der Waals surface area contributed by atoms with Crippen molar-refractivity contribution in [3.63, 3.8) is 0 Å². The van der Waals surface area contributed by atoms with E-state index in [1.54, 1.807) is 0 Å². The van der Waals surface area contributed by atoms with Crippen LogP contribution >= 0.6 is 0 Å². The van der Waals surface area contributed by atoms with Gasteiger partial charge in [-0.3, -0.25) is 0 Å². The van der Waals surface area contributed by atoms with Gasteiger partial charge in [0.25, 0.3) is 0 Å². The highest BCUT2D eigenvalue weighted by Gasteiger charge is 2.21. The minimum Gasteiger partial charge on any atom is -0.369 e. The maximum Gasteiger partial charge on any atom is 0.0952 e. The molecule has 0 bridgehead atoms. The van der Waals surface area contributed by atoms with Crippen LogP contribution in [0.1, 0.15) is 37.5 Å². The molecular formula is C14H21NO. The number of rotatable bonds is 1. The SMILES string of the molecule is Cc1ccc(C2CNC(C)CC(C)O2)cc1. The standard InChI is InChI=1S/C14H21NO/c1-10-4-6-13(7-5-10)14-9-15-11(2)8-12(3)16-14/h4-7,11-12,14-15H,8-9H2,1-3H3. The summed E-state index contributed by atoms with van der Waals surface area (Å²) in [6.45, 7) is 7.40. The third kappa shape index (κ3) is 2.83. The second-order valence-electron chi connectivity index (χ2n) is 4.89. The van der Waals surface area contributed by atoms with Crippen LogP contribution in [0.4, 0.5) is 0 Å². The van der Waals surface area contributed by atoms with Gasteiger partial charge >= 0.3 is 0 Å². The van der Waals surface area contributed by atoms with Crippen molar-refractivity contribution >= 4 is 0 Å². The lowest BCUT2D eigenvalue weighted by Crippen LogP contribution is -2.27. The maximum atomic E-state index is 6.05. The summed E-state index contributed by atoms with van der Waals surface area (Å²) in [6.07, 6.45) is 1.61. The van der Waals surface area contributed by atoms with Crippen molar-refractivity contribution in [3.8, 4) is 0 Å². The molecule has 1 heterocycles. The molecule has 0 spiro atoms. The Morgan fingerprint density at radius 2 is 1.88 bits per heavy atom. The van der Waals surface area contributed by atoms with Crippen molar-refractivity contribution in [1.29, 1.82) is 0 Å². The lowest BCUT2D eigenvalue weighted by molar-refractivity contribution is 0.00718. The van der Waals surface area contributed by atoms with Crippen LogP contribution in [0.3, 0.4) is 0 Å². The van der Waals surface area contributed by atoms with Crippen LogP contribution in [0, 0.1) is 6.92 Å². The van der Waals surface area contributed by atoms with Gasteiger partial charge in [-0.1, -0.05) is 29.8 Å². The van der Waals surface area contributed by atoms with Gasteiger partial charge < -0.3 is 10.1 Å². The lowest BCUT2D eigenvalue weighted by atomic mass is 10.1. The Morgan fingerprint density at radius 1 is 1.19 bits per heavy atom. The van der Waals surface area contributed by atoms with E-state index in [4.69, 9.17) is 4.74 Å². The summed E-state index contributed by atoms with van der Waals surface area (Å²) in [7, 11) is 0. The first-order valence-electron chi connectivity index (χ1n) is 6.10. The fraction of sp³-hybridized carbons (Fsp3) is 0.571. The Bertz CT molecular complexity index is 333. The highest BCUT2D eigenvalue weighted by molar-refractivity contribution is 5.23. The topological polar surface area (TPSA) is 21.3 Å². The summed E-state index contributed by atoms with van der Waals surface area (Å²) in [6, 6.07) is 9.19. The summed E-state index contributed by atoms with van der Waals surface area (Å²) in [5, 5.41) is 3.51. The number of ether oxygens (including phenoxy) is 1. The molecule has 2 heteroatoms. The minimum atomic E-state index is 0.195. The van der Waals surface area contributed by atoms with E-state index < -0.39 is 0 Å². The predicted octanol–water partition coefficient (Wildman–Crippen LogP) is 2.82. The molecule has 0 aliphatic carbocycles. The van der Waals surface area contributed by atoms with Crippen LogP contribution in [0.15, 0.2) is 24.3 Å². The van der Waals surface area contributed by atoms with Crippen LogP contribution in [0.5, 0.6) is 0 Å². The molecule has 0 saturated carbocycles. The van der Waals surface area contributed by atoms with E-state index >= 15 is 0 Å². The zero-order chi connectivity index (χ0) is 11.5. The minimum absolute atomic E-state index is 0.195. The first kappa shape index (κ1) is 11.6. The maximum absolute atomic E-state index is 6.05. The van der Waals surface area contributed by atoms with E-state index in [2.05, 4.69) is 50.4 Å². The molecule has 1 saturated heterocycles. The number of hydrogen-bond acceptors (Lipinski definition) is 2. The molecule has 0 aromatic heterocycles. The van der Waals surface area contributed by atoms with Gasteiger partial charge in [0.1, 0.15) is 0 Å². The van der Waals surface area contributed by atoms with Crippen molar-refractivity contribution in [2.45, 2.75) is 45.4 Å². The molecule has 2 nitrogen and oxygen atoms in total. The van der Waals surface area contributed by atoms with Crippen LogP contribution in [0.2, 0.25) is 0 Å². The molecule has 3 atom stereocenters. The second-order valence-corrected chi connectivity index (χ2v) is 4.89. The Labute approximate surface area is 98.0 Å². The molecule has 2 rings (SSSR count). The largest absolute Gasteiger partial charge is 0.369 e. The summed E-state index contributed by atoms with van der Waals surface area (Å²) >= 11 is 0. The normalized spacial score (nSPS) is 31.1. The van der Waals surface area contributed by atoms with Gasteiger partial charge in [-0.2, -0.15) is 0 Å². The molecule has 1 aliphatic heterocycles. The quantitative estimate of drug-likeness (QED) is 0.784. The molecule has 1 aromatic carbocycles. The van der Waals surface area contributed by atoms with Gasteiger partial charge in [0.15, 0.2) is 0 Å². The molecule has 1 fully saturated rings. The van der Waals surface area contributed by atoms with Crippen molar-refractivity contribution in [3.05, 3.63) is 35.4 Å². The Balaban J connectivity index is 2.11. The third-order valence-corrected chi connectivity index (χ3v) is 3.18.